The van der Waals surface area contributed by atoms with Crippen molar-refractivity contribution in [1.29, 1.82) is 0 Å². The SMILES string of the molecule is c1ccc(-c2ccc3c(c2)sc2c(-c4ccccc4)ccc(N(c4cccc(-n5c6ccccc6c6ccccc65)c4)c4ccc5sc6ccccc6c5c4)c23)cc1. The van der Waals surface area contributed by atoms with Crippen LogP contribution < -0.4 is 4.90 Å². The molecule has 2 nitrogen and oxygen atoms in total. The maximum atomic E-state index is 2.50. The average molecular weight is 775 g/mol. The molecule has 0 amide bonds. The number of nitrogens with zero attached hydrogens (tertiary/aromatic N) is 2. The Hall–Kier alpha value is -6.98. The molecular formula is C54H34N2S2. The first-order chi connectivity index (χ1) is 28.8. The summed E-state index contributed by atoms with van der Waals surface area (Å²) in [6.45, 7) is 0. The molecule has 0 radical (unpaired) electrons. The molecule has 0 N–H and O–H groups in total. The van der Waals surface area contributed by atoms with E-state index in [0.717, 1.165) is 22.7 Å². The van der Waals surface area contributed by atoms with Gasteiger partial charge in [0.15, 0.2) is 0 Å². The van der Waals surface area contributed by atoms with E-state index in [1.165, 1.54) is 84.4 Å². The molecule has 12 aromatic rings. The zero-order valence-electron chi connectivity index (χ0n) is 31.3. The van der Waals surface area contributed by atoms with E-state index in [4.69, 9.17) is 0 Å². The molecule has 0 bridgehead atoms. The quantitative estimate of drug-likeness (QED) is 0.163. The van der Waals surface area contributed by atoms with Crippen LogP contribution in [0.4, 0.5) is 17.1 Å². The van der Waals surface area contributed by atoms with E-state index in [0.29, 0.717) is 0 Å². The van der Waals surface area contributed by atoms with Crippen LogP contribution >= 0.6 is 22.7 Å². The van der Waals surface area contributed by atoms with Crippen LogP contribution in [0.2, 0.25) is 0 Å². The second-order valence-corrected chi connectivity index (χ2v) is 17.0. The van der Waals surface area contributed by atoms with Crippen LogP contribution in [0.5, 0.6) is 0 Å². The molecule has 3 heterocycles. The number of rotatable bonds is 6. The minimum atomic E-state index is 1.10. The smallest absolute Gasteiger partial charge is 0.0555 e. The van der Waals surface area contributed by atoms with E-state index in [1.807, 2.05) is 22.7 Å². The molecule has 0 spiro atoms. The van der Waals surface area contributed by atoms with Crippen molar-refractivity contribution in [3.63, 3.8) is 0 Å². The normalized spacial score (nSPS) is 11.8. The highest BCUT2D eigenvalue weighted by Crippen LogP contribution is 2.50. The Morgan fingerprint density at radius 3 is 1.79 bits per heavy atom. The van der Waals surface area contributed by atoms with Crippen LogP contribution in [-0.4, -0.2) is 4.57 Å². The van der Waals surface area contributed by atoms with Crippen LogP contribution in [0, 0.1) is 0 Å². The molecule has 272 valence electrons. The van der Waals surface area contributed by atoms with E-state index in [-0.39, 0.29) is 0 Å². The third-order valence-corrected chi connectivity index (χ3v) is 13.9. The minimum absolute atomic E-state index is 1.10. The van der Waals surface area contributed by atoms with Gasteiger partial charge in [0.2, 0.25) is 0 Å². The standard InChI is InChI=1S/C54H34N2S2/c1-3-14-35(15-4-1)37-26-28-45-52(32-37)58-54-41(36-16-5-2-6-17-36)29-30-49(53(45)54)55(40-27-31-51-46(34-40)44-22-9-12-25-50(44)57-51)38-18-13-19-39(33-38)56-47-23-10-7-20-42(47)43-21-8-11-24-48(43)56/h1-34H. The first kappa shape index (κ1) is 33.2. The molecular weight excluding hydrogens is 741 g/mol. The molecule has 9 aromatic carbocycles. The average Bonchev–Trinajstić information content (AvgIpc) is 3.97. The summed E-state index contributed by atoms with van der Waals surface area (Å²) in [4.78, 5) is 2.50. The first-order valence-electron chi connectivity index (χ1n) is 19.7. The predicted molar refractivity (Wildman–Crippen MR) is 252 cm³/mol. The summed E-state index contributed by atoms with van der Waals surface area (Å²) >= 11 is 3.76. The van der Waals surface area contributed by atoms with E-state index < -0.39 is 0 Å². The highest BCUT2D eigenvalue weighted by Gasteiger charge is 2.23. The van der Waals surface area contributed by atoms with Crippen molar-refractivity contribution in [2.75, 3.05) is 4.90 Å². The Morgan fingerprint density at radius 2 is 1.02 bits per heavy atom. The number of anilines is 3. The van der Waals surface area contributed by atoms with Gasteiger partial charge in [-0.15, -0.1) is 22.7 Å². The fraction of sp³-hybridized carbons (Fsp3) is 0. The molecule has 12 rings (SSSR count). The predicted octanol–water partition coefficient (Wildman–Crippen LogP) is 16.3. The number of fused-ring (bicyclic) bond motifs is 9. The second kappa shape index (κ2) is 13.3. The summed E-state index contributed by atoms with van der Waals surface area (Å²) in [6, 6.07) is 75.7. The van der Waals surface area contributed by atoms with Crippen LogP contribution in [0.15, 0.2) is 206 Å². The largest absolute Gasteiger partial charge is 0.310 e. The molecule has 0 unspecified atom stereocenters. The Bertz CT molecular complexity index is 3470. The summed E-state index contributed by atoms with van der Waals surface area (Å²) in [6.07, 6.45) is 0. The lowest BCUT2D eigenvalue weighted by Crippen LogP contribution is -2.11. The van der Waals surface area contributed by atoms with Crippen molar-refractivity contribution in [3.8, 4) is 27.9 Å². The highest BCUT2D eigenvalue weighted by atomic mass is 32.1. The van der Waals surface area contributed by atoms with Gasteiger partial charge in [-0.2, -0.15) is 0 Å². The van der Waals surface area contributed by atoms with Crippen molar-refractivity contribution in [1.82, 2.24) is 4.57 Å². The molecule has 58 heavy (non-hydrogen) atoms. The lowest BCUT2D eigenvalue weighted by atomic mass is 9.98. The molecule has 0 saturated carbocycles. The van der Waals surface area contributed by atoms with Crippen molar-refractivity contribution < 1.29 is 0 Å². The fourth-order valence-corrected chi connectivity index (χ4v) is 11.3. The first-order valence-corrected chi connectivity index (χ1v) is 21.3. The van der Waals surface area contributed by atoms with Gasteiger partial charge in [-0.3, -0.25) is 0 Å². The van der Waals surface area contributed by atoms with Gasteiger partial charge in [0, 0.05) is 68.2 Å². The van der Waals surface area contributed by atoms with Gasteiger partial charge in [-0.1, -0.05) is 140 Å². The summed E-state index contributed by atoms with van der Waals surface area (Å²) in [5.41, 5.74) is 11.8. The number of hydrogen-bond donors (Lipinski definition) is 0. The molecule has 0 aliphatic rings. The third-order valence-electron chi connectivity index (χ3n) is 11.6. The number of para-hydroxylation sites is 2. The Balaban J connectivity index is 1.15. The van der Waals surface area contributed by atoms with Crippen LogP contribution in [-0.2, 0) is 0 Å². The Labute approximate surface area is 343 Å². The van der Waals surface area contributed by atoms with Crippen molar-refractivity contribution in [2.24, 2.45) is 0 Å². The molecule has 0 saturated heterocycles. The molecule has 0 aliphatic carbocycles. The summed E-state index contributed by atoms with van der Waals surface area (Å²) in [5, 5.41) is 7.61. The zero-order chi connectivity index (χ0) is 38.2. The lowest BCUT2D eigenvalue weighted by molar-refractivity contribution is 1.17. The van der Waals surface area contributed by atoms with Gasteiger partial charge < -0.3 is 9.47 Å². The van der Waals surface area contributed by atoms with Crippen LogP contribution in [0.3, 0.4) is 0 Å². The van der Waals surface area contributed by atoms with Gasteiger partial charge in [0.1, 0.15) is 0 Å². The number of hydrogen-bond acceptors (Lipinski definition) is 3. The van der Waals surface area contributed by atoms with E-state index in [9.17, 15) is 0 Å². The van der Waals surface area contributed by atoms with Gasteiger partial charge in [-0.25, -0.2) is 0 Å². The van der Waals surface area contributed by atoms with Gasteiger partial charge in [-0.05, 0) is 89.0 Å². The highest BCUT2D eigenvalue weighted by molar-refractivity contribution is 7.26. The molecule has 4 heteroatoms. The summed E-state index contributed by atoms with van der Waals surface area (Å²) in [7, 11) is 0. The Kier molecular flexibility index (Phi) is 7.62. The van der Waals surface area contributed by atoms with E-state index in [2.05, 4.69) is 216 Å². The lowest BCUT2D eigenvalue weighted by Gasteiger charge is -2.28. The fourth-order valence-electron chi connectivity index (χ4n) is 8.96. The summed E-state index contributed by atoms with van der Waals surface area (Å²) < 4.78 is 7.58. The van der Waals surface area contributed by atoms with Crippen molar-refractivity contribution in [3.05, 3.63) is 206 Å². The van der Waals surface area contributed by atoms with Crippen molar-refractivity contribution >= 4 is 102 Å². The summed E-state index contributed by atoms with van der Waals surface area (Å²) in [5.74, 6) is 0. The number of thiophene rings is 2. The van der Waals surface area contributed by atoms with Crippen LogP contribution in [0.1, 0.15) is 0 Å². The van der Waals surface area contributed by atoms with Crippen molar-refractivity contribution in [2.45, 2.75) is 0 Å². The molecule has 0 aliphatic heterocycles. The maximum Gasteiger partial charge on any atom is 0.0555 e. The van der Waals surface area contributed by atoms with E-state index in [1.54, 1.807) is 0 Å². The second-order valence-electron chi connectivity index (χ2n) is 14.9. The molecule has 3 aromatic heterocycles. The maximum absolute atomic E-state index is 2.50. The molecule has 0 fully saturated rings. The topological polar surface area (TPSA) is 8.17 Å². The number of aromatic nitrogens is 1. The molecule has 0 atom stereocenters. The zero-order valence-corrected chi connectivity index (χ0v) is 33.0. The van der Waals surface area contributed by atoms with Gasteiger partial charge in [0.25, 0.3) is 0 Å². The third kappa shape index (κ3) is 5.23. The van der Waals surface area contributed by atoms with Gasteiger partial charge in [0.05, 0.1) is 16.7 Å². The van der Waals surface area contributed by atoms with Gasteiger partial charge >= 0.3 is 0 Å². The Morgan fingerprint density at radius 1 is 0.362 bits per heavy atom. The van der Waals surface area contributed by atoms with Crippen LogP contribution in [0.25, 0.3) is 90.1 Å². The monoisotopic (exact) mass is 774 g/mol. The number of benzene rings is 9. The minimum Gasteiger partial charge on any atom is -0.310 e. The van der Waals surface area contributed by atoms with E-state index >= 15 is 0 Å².